The van der Waals surface area contributed by atoms with Gasteiger partial charge in [0.25, 0.3) is 0 Å². The van der Waals surface area contributed by atoms with Gasteiger partial charge in [-0.15, -0.1) is 0 Å². The van der Waals surface area contributed by atoms with Crippen molar-refractivity contribution in [2.45, 2.75) is 45.2 Å². The Balaban J connectivity index is 1.45. The lowest BCUT2D eigenvalue weighted by molar-refractivity contribution is -0.384. The molecule has 4 N–H and O–H groups in total. The molecule has 1 aliphatic rings. The number of nitro groups is 1. The summed E-state index contributed by atoms with van der Waals surface area (Å²) in [6.07, 6.45) is 7.30. The molecule has 0 amide bonds. The van der Waals surface area contributed by atoms with E-state index in [4.69, 9.17) is 5.73 Å². The highest BCUT2D eigenvalue weighted by Crippen LogP contribution is 2.27. The maximum Gasteiger partial charge on any atom is 0.329 e. The molecule has 1 aliphatic carbocycles. The van der Waals surface area contributed by atoms with Crippen molar-refractivity contribution in [3.63, 3.8) is 0 Å². The average Bonchev–Trinajstić information content (AvgIpc) is 2.87. The highest BCUT2D eigenvalue weighted by molar-refractivity contribution is 5.65. The quantitative estimate of drug-likeness (QED) is 0.308. The van der Waals surface area contributed by atoms with Crippen LogP contribution in [0.1, 0.15) is 43.2 Å². The number of hydrogen-bond donors (Lipinski definition) is 3. The van der Waals surface area contributed by atoms with Gasteiger partial charge in [0.2, 0.25) is 11.8 Å². The highest BCUT2D eigenvalue weighted by Gasteiger charge is 2.20. The fourth-order valence-corrected chi connectivity index (χ4v) is 4.28. The molecule has 0 unspecified atom stereocenters. The van der Waals surface area contributed by atoms with Gasteiger partial charge in [-0.1, -0.05) is 55.7 Å². The molecule has 0 aliphatic heterocycles. The number of aromatic nitrogens is 2. The first kappa shape index (κ1) is 22.7. The van der Waals surface area contributed by atoms with Crippen molar-refractivity contribution in [3.8, 4) is 11.1 Å². The van der Waals surface area contributed by atoms with Crippen LogP contribution in [0, 0.1) is 16.0 Å². The Hall–Kier alpha value is -3.52. The van der Waals surface area contributed by atoms with Gasteiger partial charge in [0.1, 0.15) is 6.20 Å². The molecule has 172 valence electrons. The van der Waals surface area contributed by atoms with Gasteiger partial charge in [-0.25, -0.2) is 4.98 Å². The summed E-state index contributed by atoms with van der Waals surface area (Å²) in [5, 5.41) is 17.8. The first-order valence-corrected chi connectivity index (χ1v) is 11.5. The summed E-state index contributed by atoms with van der Waals surface area (Å²) in [5.41, 5.74) is 10.0. The maximum absolute atomic E-state index is 11.4. The Kier molecular flexibility index (Phi) is 7.47. The predicted octanol–water partition coefficient (Wildman–Crippen LogP) is 5.11. The van der Waals surface area contributed by atoms with Crippen molar-refractivity contribution in [1.29, 1.82) is 0 Å². The van der Waals surface area contributed by atoms with E-state index < -0.39 is 4.92 Å². The van der Waals surface area contributed by atoms with E-state index in [0.717, 1.165) is 35.1 Å². The van der Waals surface area contributed by atoms with Gasteiger partial charge in [-0.3, -0.25) is 10.1 Å². The lowest BCUT2D eigenvalue weighted by atomic mass is 9.89. The van der Waals surface area contributed by atoms with Gasteiger partial charge < -0.3 is 16.4 Å². The van der Waals surface area contributed by atoms with E-state index in [0.29, 0.717) is 31.5 Å². The van der Waals surface area contributed by atoms with E-state index in [2.05, 4.69) is 44.9 Å². The van der Waals surface area contributed by atoms with Gasteiger partial charge in [-0.2, -0.15) is 4.98 Å². The van der Waals surface area contributed by atoms with Crippen LogP contribution in [0.5, 0.6) is 0 Å². The van der Waals surface area contributed by atoms with Crippen molar-refractivity contribution in [3.05, 3.63) is 76.0 Å². The minimum absolute atomic E-state index is 0.0989. The SMILES string of the molecule is NCc1cccc(-c2cccc(CNc3ncc([N+](=O)[O-])c(NCC4CCCCC4)n3)c2)c1. The van der Waals surface area contributed by atoms with Crippen LogP contribution in [-0.2, 0) is 13.1 Å². The topological polar surface area (TPSA) is 119 Å². The van der Waals surface area contributed by atoms with Crippen molar-refractivity contribution >= 4 is 17.5 Å². The van der Waals surface area contributed by atoms with Gasteiger partial charge in [0.15, 0.2) is 0 Å². The van der Waals surface area contributed by atoms with Crippen molar-refractivity contribution in [2.75, 3.05) is 17.2 Å². The standard InChI is InChI=1S/C25H30N6O2/c26-14-19-8-4-10-21(12-19)22-11-5-9-20(13-22)16-28-25-29-17-23(31(32)33)24(30-25)27-15-18-6-2-1-3-7-18/h4-5,8-13,17-18H,1-3,6-7,14-16,26H2,(H2,27,28,29,30). The van der Waals surface area contributed by atoms with Crippen molar-refractivity contribution in [1.82, 2.24) is 9.97 Å². The smallest absolute Gasteiger partial charge is 0.329 e. The molecular formula is C25H30N6O2. The number of nitrogens with two attached hydrogens (primary N) is 1. The van der Waals surface area contributed by atoms with Crippen LogP contribution in [0.15, 0.2) is 54.7 Å². The fourth-order valence-electron chi connectivity index (χ4n) is 4.28. The van der Waals surface area contributed by atoms with Crippen LogP contribution in [0.25, 0.3) is 11.1 Å². The highest BCUT2D eigenvalue weighted by atomic mass is 16.6. The Morgan fingerprint density at radius 1 is 1.00 bits per heavy atom. The van der Waals surface area contributed by atoms with Crippen molar-refractivity contribution < 1.29 is 4.92 Å². The van der Waals surface area contributed by atoms with Crippen LogP contribution in [0.4, 0.5) is 17.5 Å². The lowest BCUT2D eigenvalue weighted by Crippen LogP contribution is -2.18. The molecule has 33 heavy (non-hydrogen) atoms. The molecule has 0 bridgehead atoms. The monoisotopic (exact) mass is 446 g/mol. The molecule has 8 heteroatoms. The molecule has 2 aromatic carbocycles. The molecule has 0 atom stereocenters. The molecule has 0 spiro atoms. The van der Waals surface area contributed by atoms with Crippen LogP contribution >= 0.6 is 0 Å². The van der Waals surface area contributed by atoms with Gasteiger partial charge >= 0.3 is 5.69 Å². The number of hydrogen-bond acceptors (Lipinski definition) is 7. The zero-order valence-electron chi connectivity index (χ0n) is 18.7. The summed E-state index contributed by atoms with van der Waals surface area (Å²) < 4.78 is 0. The zero-order chi connectivity index (χ0) is 23.0. The molecular weight excluding hydrogens is 416 g/mol. The summed E-state index contributed by atoms with van der Waals surface area (Å²) in [6, 6.07) is 16.4. The number of nitrogens with one attached hydrogen (secondary N) is 2. The average molecular weight is 447 g/mol. The number of nitrogens with zero attached hydrogens (tertiary/aromatic N) is 3. The normalized spacial score (nSPS) is 14.1. The molecule has 8 nitrogen and oxygen atoms in total. The number of rotatable bonds is 9. The largest absolute Gasteiger partial charge is 0.364 e. The molecule has 1 fully saturated rings. The van der Waals surface area contributed by atoms with E-state index in [-0.39, 0.29) is 11.5 Å². The maximum atomic E-state index is 11.4. The Labute approximate surface area is 193 Å². The van der Waals surface area contributed by atoms with Crippen LogP contribution in [0.2, 0.25) is 0 Å². The Morgan fingerprint density at radius 2 is 1.70 bits per heavy atom. The first-order chi connectivity index (χ1) is 16.1. The minimum atomic E-state index is -0.439. The summed E-state index contributed by atoms with van der Waals surface area (Å²) in [5.74, 6) is 1.17. The first-order valence-electron chi connectivity index (χ1n) is 11.5. The van der Waals surface area contributed by atoms with Crippen LogP contribution in [0.3, 0.4) is 0 Å². The minimum Gasteiger partial charge on any atom is -0.364 e. The second-order valence-electron chi connectivity index (χ2n) is 8.53. The summed E-state index contributed by atoms with van der Waals surface area (Å²) in [4.78, 5) is 19.6. The molecule has 4 rings (SSSR count). The Morgan fingerprint density at radius 3 is 2.39 bits per heavy atom. The predicted molar refractivity (Wildman–Crippen MR) is 131 cm³/mol. The summed E-state index contributed by atoms with van der Waals surface area (Å²) in [7, 11) is 0. The molecule has 3 aromatic rings. The van der Waals surface area contributed by atoms with Gasteiger partial charge in [0.05, 0.1) is 4.92 Å². The third-order valence-corrected chi connectivity index (χ3v) is 6.12. The third kappa shape index (κ3) is 6.04. The van der Waals surface area contributed by atoms with E-state index in [1.807, 2.05) is 24.3 Å². The lowest BCUT2D eigenvalue weighted by Gasteiger charge is -2.21. The van der Waals surface area contributed by atoms with Crippen LogP contribution in [-0.4, -0.2) is 21.4 Å². The van der Waals surface area contributed by atoms with Gasteiger partial charge in [-0.05, 0) is 53.1 Å². The third-order valence-electron chi connectivity index (χ3n) is 6.12. The molecule has 1 aromatic heterocycles. The van der Waals surface area contributed by atoms with Gasteiger partial charge in [0, 0.05) is 19.6 Å². The van der Waals surface area contributed by atoms with E-state index in [9.17, 15) is 10.1 Å². The molecule has 1 heterocycles. The molecule has 0 saturated heterocycles. The second-order valence-corrected chi connectivity index (χ2v) is 8.53. The number of benzene rings is 2. The number of anilines is 2. The molecule has 0 radical (unpaired) electrons. The van der Waals surface area contributed by atoms with Crippen LogP contribution < -0.4 is 16.4 Å². The van der Waals surface area contributed by atoms with Crippen molar-refractivity contribution in [2.24, 2.45) is 11.7 Å². The van der Waals surface area contributed by atoms with E-state index >= 15 is 0 Å². The van der Waals surface area contributed by atoms with E-state index in [1.165, 1.54) is 25.5 Å². The zero-order valence-corrected chi connectivity index (χ0v) is 18.7. The fraction of sp³-hybridized carbons (Fsp3) is 0.360. The summed E-state index contributed by atoms with van der Waals surface area (Å²) in [6.45, 7) is 1.70. The summed E-state index contributed by atoms with van der Waals surface area (Å²) >= 11 is 0. The van der Waals surface area contributed by atoms with E-state index in [1.54, 1.807) is 0 Å². The Bertz CT molecular complexity index is 1100. The molecule has 1 saturated carbocycles. The second kappa shape index (κ2) is 10.9.